The second-order valence-corrected chi connectivity index (χ2v) is 4.57. The molecule has 2 aliphatic carbocycles. The molecule has 0 aliphatic heterocycles. The van der Waals surface area contributed by atoms with Crippen LogP contribution >= 0.6 is 0 Å². The van der Waals surface area contributed by atoms with E-state index in [1.54, 1.807) is 12.3 Å². The Morgan fingerprint density at radius 2 is 2.38 bits per heavy atom. The Labute approximate surface area is 94.1 Å². The van der Waals surface area contributed by atoms with Gasteiger partial charge in [0.1, 0.15) is 12.4 Å². The van der Waals surface area contributed by atoms with E-state index in [1.807, 2.05) is 6.07 Å². The van der Waals surface area contributed by atoms with Gasteiger partial charge in [0.05, 0.1) is 12.2 Å². The second kappa shape index (κ2) is 3.81. The molecule has 2 aliphatic rings. The van der Waals surface area contributed by atoms with E-state index in [2.05, 4.69) is 12.2 Å². The largest absolute Gasteiger partial charge is 0.466 e. The second-order valence-electron chi connectivity index (χ2n) is 4.57. The van der Waals surface area contributed by atoms with E-state index in [0.29, 0.717) is 17.6 Å². The quantitative estimate of drug-likeness (QED) is 0.578. The highest BCUT2D eigenvalue weighted by Gasteiger charge is 2.40. The Bertz CT molecular complexity index is 405. The van der Waals surface area contributed by atoms with Crippen LogP contribution < -0.4 is 0 Å². The molecule has 3 rings (SSSR count). The van der Waals surface area contributed by atoms with Gasteiger partial charge >= 0.3 is 5.97 Å². The first-order valence-electron chi connectivity index (χ1n) is 5.70. The van der Waals surface area contributed by atoms with E-state index >= 15 is 0 Å². The van der Waals surface area contributed by atoms with Crippen LogP contribution in [0.4, 0.5) is 0 Å². The number of hydrogen-bond donors (Lipinski definition) is 0. The van der Waals surface area contributed by atoms with E-state index in [-0.39, 0.29) is 18.5 Å². The summed E-state index contributed by atoms with van der Waals surface area (Å²) in [5.74, 6) is 1.71. The topological polar surface area (TPSA) is 39.4 Å². The normalized spacial score (nSPS) is 30.9. The SMILES string of the molecule is O=C(OCc1ccco1)C1CC2C=CC1C2. The maximum absolute atomic E-state index is 11.8. The van der Waals surface area contributed by atoms with Gasteiger partial charge in [-0.1, -0.05) is 12.2 Å². The van der Waals surface area contributed by atoms with Crippen LogP contribution in [0.2, 0.25) is 0 Å². The first-order valence-corrected chi connectivity index (χ1v) is 5.70. The minimum atomic E-state index is -0.0757. The third kappa shape index (κ3) is 1.66. The molecular formula is C13H14O3. The lowest BCUT2D eigenvalue weighted by atomic mass is 9.94. The molecule has 1 saturated carbocycles. The number of hydrogen-bond acceptors (Lipinski definition) is 3. The number of esters is 1. The molecule has 3 heteroatoms. The average molecular weight is 218 g/mol. The van der Waals surface area contributed by atoms with Gasteiger partial charge in [-0.15, -0.1) is 0 Å². The monoisotopic (exact) mass is 218 g/mol. The standard InChI is InChI=1S/C13H14O3/c14-13(16-8-11-2-1-5-15-11)12-7-9-3-4-10(12)6-9/h1-5,9-10,12H,6-8H2. The van der Waals surface area contributed by atoms with Crippen LogP contribution in [-0.2, 0) is 16.1 Å². The van der Waals surface area contributed by atoms with E-state index in [0.717, 1.165) is 12.8 Å². The summed E-state index contributed by atoms with van der Waals surface area (Å²) >= 11 is 0. The average Bonchev–Trinajstić information content (AvgIpc) is 3.01. The van der Waals surface area contributed by atoms with Gasteiger partial charge in [-0.2, -0.15) is 0 Å². The smallest absolute Gasteiger partial charge is 0.309 e. The van der Waals surface area contributed by atoms with Gasteiger partial charge in [0.25, 0.3) is 0 Å². The number of carbonyl (C=O) groups excluding carboxylic acids is 1. The lowest BCUT2D eigenvalue weighted by molar-refractivity contribution is -0.151. The summed E-state index contributed by atoms with van der Waals surface area (Å²) < 4.78 is 10.4. The van der Waals surface area contributed by atoms with Gasteiger partial charge < -0.3 is 9.15 Å². The predicted octanol–water partition coefficient (Wildman–Crippen LogP) is 2.54. The van der Waals surface area contributed by atoms with Crippen molar-refractivity contribution >= 4 is 5.97 Å². The summed E-state index contributed by atoms with van der Waals surface area (Å²) in [4.78, 5) is 11.8. The van der Waals surface area contributed by atoms with E-state index in [1.165, 1.54) is 0 Å². The fraction of sp³-hybridized carbons (Fsp3) is 0.462. The molecule has 0 spiro atoms. The van der Waals surface area contributed by atoms with E-state index < -0.39 is 0 Å². The van der Waals surface area contributed by atoms with Crippen molar-refractivity contribution in [1.29, 1.82) is 0 Å². The summed E-state index contributed by atoms with van der Waals surface area (Å²) in [6.07, 6.45) is 8.05. The summed E-state index contributed by atoms with van der Waals surface area (Å²) in [5, 5.41) is 0. The van der Waals surface area contributed by atoms with Crippen molar-refractivity contribution in [2.75, 3.05) is 0 Å². The first-order chi connectivity index (χ1) is 7.83. The Morgan fingerprint density at radius 1 is 1.44 bits per heavy atom. The first kappa shape index (κ1) is 9.70. The van der Waals surface area contributed by atoms with Crippen molar-refractivity contribution in [1.82, 2.24) is 0 Å². The molecule has 3 nitrogen and oxygen atoms in total. The van der Waals surface area contributed by atoms with Crippen molar-refractivity contribution in [3.05, 3.63) is 36.3 Å². The zero-order valence-corrected chi connectivity index (χ0v) is 8.96. The third-order valence-corrected chi connectivity index (χ3v) is 3.52. The van der Waals surface area contributed by atoms with Gasteiger partial charge in [-0.05, 0) is 36.8 Å². The molecule has 84 valence electrons. The number of rotatable bonds is 3. The molecule has 0 aromatic carbocycles. The molecule has 0 saturated heterocycles. The minimum absolute atomic E-state index is 0.0740. The van der Waals surface area contributed by atoms with Gasteiger partial charge in [0.2, 0.25) is 0 Å². The van der Waals surface area contributed by atoms with Crippen molar-refractivity contribution in [2.24, 2.45) is 17.8 Å². The van der Waals surface area contributed by atoms with E-state index in [9.17, 15) is 4.79 Å². The van der Waals surface area contributed by atoms with Gasteiger partial charge in [-0.25, -0.2) is 0 Å². The van der Waals surface area contributed by atoms with Crippen LogP contribution in [0.3, 0.4) is 0 Å². The van der Waals surface area contributed by atoms with Crippen LogP contribution in [0.25, 0.3) is 0 Å². The molecule has 0 radical (unpaired) electrons. The third-order valence-electron chi connectivity index (χ3n) is 3.52. The molecule has 1 aromatic heterocycles. The van der Waals surface area contributed by atoms with Crippen molar-refractivity contribution in [3.63, 3.8) is 0 Å². The molecule has 0 amide bonds. The van der Waals surface area contributed by atoms with Gasteiger partial charge in [-0.3, -0.25) is 4.79 Å². The summed E-state index contributed by atoms with van der Waals surface area (Å²) in [6, 6.07) is 3.61. The molecule has 3 atom stereocenters. The lowest BCUT2D eigenvalue weighted by Gasteiger charge is -2.15. The Morgan fingerprint density at radius 3 is 3.00 bits per heavy atom. The van der Waals surface area contributed by atoms with Crippen LogP contribution in [0.15, 0.2) is 35.0 Å². The molecule has 1 fully saturated rings. The molecule has 1 aromatic rings. The highest BCUT2D eigenvalue weighted by molar-refractivity contribution is 5.74. The molecular weight excluding hydrogens is 204 g/mol. The van der Waals surface area contributed by atoms with Crippen LogP contribution in [0, 0.1) is 17.8 Å². The number of allylic oxidation sites excluding steroid dienone is 2. The number of ether oxygens (including phenoxy) is 1. The fourth-order valence-electron chi connectivity index (χ4n) is 2.70. The van der Waals surface area contributed by atoms with Gasteiger partial charge in [0.15, 0.2) is 0 Å². The lowest BCUT2D eigenvalue weighted by Crippen LogP contribution is -2.21. The van der Waals surface area contributed by atoms with Crippen molar-refractivity contribution in [3.8, 4) is 0 Å². The van der Waals surface area contributed by atoms with E-state index in [4.69, 9.17) is 9.15 Å². The summed E-state index contributed by atoms with van der Waals surface area (Å²) in [6.45, 7) is 0.253. The summed E-state index contributed by atoms with van der Waals surface area (Å²) in [7, 11) is 0. The van der Waals surface area contributed by atoms with Gasteiger partial charge in [0, 0.05) is 0 Å². The number of carbonyl (C=O) groups is 1. The fourth-order valence-corrected chi connectivity index (χ4v) is 2.70. The van der Waals surface area contributed by atoms with Crippen LogP contribution in [0.1, 0.15) is 18.6 Å². The predicted molar refractivity (Wildman–Crippen MR) is 57.3 cm³/mol. The molecule has 3 unspecified atom stereocenters. The Kier molecular flexibility index (Phi) is 2.31. The molecule has 2 bridgehead atoms. The molecule has 0 N–H and O–H groups in total. The van der Waals surface area contributed by atoms with Crippen LogP contribution in [0.5, 0.6) is 0 Å². The molecule has 16 heavy (non-hydrogen) atoms. The zero-order valence-electron chi connectivity index (χ0n) is 8.96. The maximum atomic E-state index is 11.8. The Balaban J connectivity index is 1.56. The maximum Gasteiger partial charge on any atom is 0.309 e. The van der Waals surface area contributed by atoms with Crippen molar-refractivity contribution in [2.45, 2.75) is 19.4 Å². The highest BCUT2D eigenvalue weighted by Crippen LogP contribution is 2.43. The Hall–Kier alpha value is -1.51. The zero-order chi connectivity index (χ0) is 11.0. The van der Waals surface area contributed by atoms with Crippen LogP contribution in [-0.4, -0.2) is 5.97 Å². The number of fused-ring (bicyclic) bond motifs is 2. The minimum Gasteiger partial charge on any atom is -0.466 e. The molecule has 1 heterocycles. The highest BCUT2D eigenvalue weighted by atomic mass is 16.5. The number of furan rings is 1. The summed E-state index contributed by atoms with van der Waals surface area (Å²) in [5.41, 5.74) is 0. The van der Waals surface area contributed by atoms with Crippen molar-refractivity contribution < 1.29 is 13.9 Å².